The van der Waals surface area contributed by atoms with Crippen LogP contribution in [0.4, 0.5) is 4.39 Å². The molecule has 0 aliphatic rings. The molecule has 0 aromatic heterocycles. The first-order chi connectivity index (χ1) is 13.8. The minimum Gasteiger partial charge on any atom is -0.484 e. The topological polar surface area (TPSA) is 58.6 Å². The Morgan fingerprint density at radius 2 is 1.83 bits per heavy atom. The number of halogens is 2. The molecule has 2 amide bonds. The van der Waals surface area contributed by atoms with E-state index in [1.807, 2.05) is 19.9 Å². The van der Waals surface area contributed by atoms with Gasteiger partial charge in [0.1, 0.15) is 17.6 Å². The third-order valence-corrected chi connectivity index (χ3v) is 4.50. The highest BCUT2D eigenvalue weighted by Gasteiger charge is 2.26. The van der Waals surface area contributed by atoms with Gasteiger partial charge in [-0.05, 0) is 54.8 Å². The van der Waals surface area contributed by atoms with Gasteiger partial charge in [0.15, 0.2) is 6.61 Å². The van der Waals surface area contributed by atoms with Gasteiger partial charge in [-0.3, -0.25) is 9.59 Å². The molecule has 0 unspecified atom stereocenters. The van der Waals surface area contributed by atoms with E-state index in [0.29, 0.717) is 23.2 Å². The van der Waals surface area contributed by atoms with Crippen molar-refractivity contribution >= 4 is 23.4 Å². The zero-order valence-corrected chi connectivity index (χ0v) is 17.6. The summed E-state index contributed by atoms with van der Waals surface area (Å²) in [6.07, 6.45) is 0. The second-order valence-electron chi connectivity index (χ2n) is 7.21. The van der Waals surface area contributed by atoms with Crippen molar-refractivity contribution in [2.45, 2.75) is 33.4 Å². The molecule has 2 aromatic rings. The Labute approximate surface area is 175 Å². The first-order valence-corrected chi connectivity index (χ1v) is 9.84. The van der Waals surface area contributed by atoms with E-state index in [4.69, 9.17) is 16.3 Å². The quantitative estimate of drug-likeness (QED) is 0.665. The van der Waals surface area contributed by atoms with E-state index in [1.54, 1.807) is 25.1 Å². The van der Waals surface area contributed by atoms with Crippen molar-refractivity contribution in [3.8, 4) is 5.75 Å². The lowest BCUT2D eigenvalue weighted by Gasteiger charge is -2.29. The normalized spacial score (nSPS) is 11.8. The number of nitrogens with one attached hydrogen (secondary N) is 1. The molecule has 0 aliphatic carbocycles. The van der Waals surface area contributed by atoms with Crippen LogP contribution in [0, 0.1) is 11.7 Å². The van der Waals surface area contributed by atoms with Crippen LogP contribution < -0.4 is 10.1 Å². The van der Waals surface area contributed by atoms with Crippen LogP contribution in [0.2, 0.25) is 5.02 Å². The van der Waals surface area contributed by atoms with Crippen molar-refractivity contribution in [1.82, 2.24) is 10.2 Å². The highest BCUT2D eigenvalue weighted by Crippen LogP contribution is 2.16. The summed E-state index contributed by atoms with van der Waals surface area (Å²) in [6.45, 7) is 6.13. The summed E-state index contributed by atoms with van der Waals surface area (Å²) >= 11 is 6.05. The molecule has 5 nitrogen and oxygen atoms in total. The summed E-state index contributed by atoms with van der Waals surface area (Å²) in [5.41, 5.74) is 0.802. The summed E-state index contributed by atoms with van der Waals surface area (Å²) in [4.78, 5) is 26.9. The van der Waals surface area contributed by atoms with Crippen LogP contribution in [0.5, 0.6) is 5.75 Å². The van der Waals surface area contributed by atoms with E-state index in [1.165, 1.54) is 29.2 Å². The number of hydrogen-bond donors (Lipinski definition) is 1. The number of rotatable bonds is 9. The maximum Gasteiger partial charge on any atom is 0.261 e. The van der Waals surface area contributed by atoms with Crippen molar-refractivity contribution in [3.63, 3.8) is 0 Å². The van der Waals surface area contributed by atoms with Crippen molar-refractivity contribution in [2.75, 3.05) is 13.2 Å². The Kier molecular flexibility index (Phi) is 8.46. The van der Waals surface area contributed by atoms with Crippen molar-refractivity contribution < 1.29 is 18.7 Å². The molecule has 0 aliphatic heterocycles. The van der Waals surface area contributed by atoms with Gasteiger partial charge in [0, 0.05) is 18.1 Å². The molecule has 2 rings (SSSR count). The molecular formula is C22H26ClFN2O3. The number of hydrogen-bond acceptors (Lipinski definition) is 3. The fourth-order valence-electron chi connectivity index (χ4n) is 2.63. The maximum absolute atomic E-state index is 13.0. The average Bonchev–Trinajstić information content (AvgIpc) is 2.69. The average molecular weight is 421 g/mol. The Bertz CT molecular complexity index is 827. The number of ether oxygens (including phenoxy) is 1. The molecule has 7 heteroatoms. The fourth-order valence-corrected chi connectivity index (χ4v) is 2.84. The molecule has 0 saturated heterocycles. The van der Waals surface area contributed by atoms with Crippen LogP contribution in [0.25, 0.3) is 0 Å². The number of carbonyl (C=O) groups is 2. The van der Waals surface area contributed by atoms with Crippen LogP contribution >= 0.6 is 11.6 Å². The Morgan fingerprint density at radius 3 is 2.45 bits per heavy atom. The number of benzene rings is 2. The standard InChI is InChI=1S/C22H26ClFN2O3/c1-15(2)12-25-22(28)16(3)26(13-17-5-4-6-18(23)11-17)21(27)14-29-20-9-7-19(24)8-10-20/h4-11,15-16H,12-14H2,1-3H3,(H,25,28)/t16-/m0/s1. The highest BCUT2D eigenvalue weighted by molar-refractivity contribution is 6.30. The third kappa shape index (κ3) is 7.38. The van der Waals surface area contributed by atoms with E-state index >= 15 is 0 Å². The predicted octanol–water partition coefficient (Wildman–Crippen LogP) is 4.05. The number of amides is 2. The zero-order valence-electron chi connectivity index (χ0n) is 16.8. The van der Waals surface area contributed by atoms with Crippen LogP contribution in [0.1, 0.15) is 26.3 Å². The minimum atomic E-state index is -0.697. The molecule has 0 fully saturated rings. The lowest BCUT2D eigenvalue weighted by atomic mass is 10.1. The zero-order chi connectivity index (χ0) is 21.4. The van der Waals surface area contributed by atoms with Gasteiger partial charge < -0.3 is 15.0 Å². The first kappa shape index (κ1) is 22.7. The number of carbonyl (C=O) groups excluding carboxylic acids is 2. The van der Waals surface area contributed by atoms with Gasteiger partial charge >= 0.3 is 0 Å². The van der Waals surface area contributed by atoms with Crippen LogP contribution in [-0.4, -0.2) is 35.9 Å². The van der Waals surface area contributed by atoms with Crippen LogP contribution in [0.3, 0.4) is 0 Å². The molecule has 0 bridgehead atoms. The van der Waals surface area contributed by atoms with Gasteiger partial charge in [-0.25, -0.2) is 4.39 Å². The third-order valence-electron chi connectivity index (χ3n) is 4.27. The summed E-state index contributed by atoms with van der Waals surface area (Å²) in [5, 5.41) is 3.40. The van der Waals surface area contributed by atoms with Gasteiger partial charge in [0.05, 0.1) is 0 Å². The van der Waals surface area contributed by atoms with E-state index in [2.05, 4.69) is 5.32 Å². The summed E-state index contributed by atoms with van der Waals surface area (Å²) < 4.78 is 18.5. The van der Waals surface area contributed by atoms with E-state index in [0.717, 1.165) is 5.56 Å². The molecule has 2 aromatic carbocycles. The molecule has 0 heterocycles. The lowest BCUT2D eigenvalue weighted by Crippen LogP contribution is -2.49. The van der Waals surface area contributed by atoms with Gasteiger partial charge in [-0.1, -0.05) is 37.6 Å². The fraction of sp³-hybridized carbons (Fsp3) is 0.364. The maximum atomic E-state index is 13.0. The molecule has 0 saturated carbocycles. The summed E-state index contributed by atoms with van der Waals surface area (Å²) in [6, 6.07) is 11.8. The summed E-state index contributed by atoms with van der Waals surface area (Å²) in [7, 11) is 0. The van der Waals surface area contributed by atoms with Gasteiger partial charge in [0.25, 0.3) is 5.91 Å². The molecule has 1 N–H and O–H groups in total. The smallest absolute Gasteiger partial charge is 0.261 e. The Morgan fingerprint density at radius 1 is 1.14 bits per heavy atom. The van der Waals surface area contributed by atoms with Gasteiger partial charge in [0.2, 0.25) is 5.91 Å². The second-order valence-corrected chi connectivity index (χ2v) is 7.65. The van der Waals surface area contributed by atoms with Crippen molar-refractivity contribution in [2.24, 2.45) is 5.92 Å². The lowest BCUT2D eigenvalue weighted by molar-refractivity contribution is -0.142. The molecule has 156 valence electrons. The predicted molar refractivity (Wildman–Crippen MR) is 111 cm³/mol. The van der Waals surface area contributed by atoms with Crippen LogP contribution in [-0.2, 0) is 16.1 Å². The molecule has 29 heavy (non-hydrogen) atoms. The van der Waals surface area contributed by atoms with E-state index in [9.17, 15) is 14.0 Å². The summed E-state index contributed by atoms with van der Waals surface area (Å²) in [5.74, 6) is -0.316. The van der Waals surface area contributed by atoms with Gasteiger partial charge in [-0.15, -0.1) is 0 Å². The largest absolute Gasteiger partial charge is 0.484 e. The first-order valence-electron chi connectivity index (χ1n) is 9.46. The molecule has 1 atom stereocenters. The van der Waals surface area contributed by atoms with E-state index in [-0.39, 0.29) is 30.8 Å². The molecule has 0 radical (unpaired) electrons. The minimum absolute atomic E-state index is 0.211. The molecular weight excluding hydrogens is 395 g/mol. The van der Waals surface area contributed by atoms with Crippen molar-refractivity contribution in [1.29, 1.82) is 0 Å². The van der Waals surface area contributed by atoms with E-state index < -0.39 is 6.04 Å². The van der Waals surface area contributed by atoms with Crippen molar-refractivity contribution in [3.05, 3.63) is 64.9 Å². The monoisotopic (exact) mass is 420 g/mol. The van der Waals surface area contributed by atoms with Crippen LogP contribution in [0.15, 0.2) is 48.5 Å². The molecule has 0 spiro atoms. The number of nitrogens with zero attached hydrogens (tertiary/aromatic N) is 1. The second kappa shape index (κ2) is 10.8. The Balaban J connectivity index is 2.12. The van der Waals surface area contributed by atoms with Gasteiger partial charge in [-0.2, -0.15) is 0 Å². The Hall–Kier alpha value is -2.60. The SMILES string of the molecule is CC(C)CNC(=O)[C@H](C)N(Cc1cccc(Cl)c1)C(=O)COc1ccc(F)cc1. The highest BCUT2D eigenvalue weighted by atomic mass is 35.5.